The molecule has 2 N–H and O–H groups in total. The van der Waals surface area contributed by atoms with E-state index in [1.807, 2.05) is 18.3 Å². The van der Waals surface area contributed by atoms with Gasteiger partial charge in [0.25, 0.3) is 0 Å². The summed E-state index contributed by atoms with van der Waals surface area (Å²) in [6.07, 6.45) is 6.19. The number of aryl methyl sites for hydroxylation is 1. The smallest absolute Gasteiger partial charge is 0.417 e. The highest BCUT2D eigenvalue weighted by Gasteiger charge is 2.30. The minimum atomic E-state index is -4.28. The Morgan fingerprint density at radius 3 is 2.39 bits per heavy atom. The van der Waals surface area contributed by atoms with Crippen LogP contribution in [0.3, 0.4) is 0 Å². The Morgan fingerprint density at radius 1 is 1.14 bits per heavy atom. The van der Waals surface area contributed by atoms with Crippen molar-refractivity contribution >= 4 is 5.91 Å². The quantitative estimate of drug-likeness (QED) is 0.471. The van der Waals surface area contributed by atoms with Gasteiger partial charge in [0.05, 0.1) is 12.7 Å². The number of hydrogen-bond donors (Lipinski definition) is 2. The zero-order valence-electron chi connectivity index (χ0n) is 22.1. The second-order valence-electron chi connectivity index (χ2n) is 8.90. The van der Waals surface area contributed by atoms with E-state index in [1.165, 1.54) is 12.6 Å². The van der Waals surface area contributed by atoms with Gasteiger partial charge in [0, 0.05) is 49.7 Å². The topological polar surface area (TPSA) is 76.1 Å². The van der Waals surface area contributed by atoms with Crippen molar-refractivity contribution in [3.63, 3.8) is 0 Å². The SMILES string of the molecule is CCC.CCCNC(=O)[C@H]1CCCC(NCc2ccc(OC)nc2)C1.Cc1cncc(C(F)(F)F)c1. The number of alkyl halides is 3. The van der Waals surface area contributed by atoms with Crippen molar-refractivity contribution < 1.29 is 22.7 Å². The molecule has 2 atom stereocenters. The largest absolute Gasteiger partial charge is 0.481 e. The van der Waals surface area contributed by atoms with Gasteiger partial charge in [0.2, 0.25) is 11.8 Å². The van der Waals surface area contributed by atoms with Crippen molar-refractivity contribution in [1.82, 2.24) is 20.6 Å². The van der Waals surface area contributed by atoms with E-state index >= 15 is 0 Å². The Labute approximate surface area is 213 Å². The summed E-state index contributed by atoms with van der Waals surface area (Å²) in [5, 5.41) is 6.57. The predicted octanol–water partition coefficient (Wildman–Crippen LogP) is 6.09. The van der Waals surface area contributed by atoms with Gasteiger partial charge >= 0.3 is 6.18 Å². The lowest BCUT2D eigenvalue weighted by Gasteiger charge is -2.29. The fourth-order valence-corrected chi connectivity index (χ4v) is 3.61. The van der Waals surface area contributed by atoms with Gasteiger partial charge in [-0.05, 0) is 49.8 Å². The first-order chi connectivity index (χ1) is 17.1. The number of carbonyl (C=O) groups excluding carboxylic acids is 1. The molecule has 36 heavy (non-hydrogen) atoms. The van der Waals surface area contributed by atoms with Gasteiger partial charge in [-0.2, -0.15) is 13.2 Å². The third-order valence-electron chi connectivity index (χ3n) is 5.40. The normalized spacial score (nSPS) is 17.1. The van der Waals surface area contributed by atoms with Crippen LogP contribution < -0.4 is 15.4 Å². The number of aromatic nitrogens is 2. The average Bonchev–Trinajstić information content (AvgIpc) is 2.87. The maximum absolute atomic E-state index is 12.1. The lowest BCUT2D eigenvalue weighted by atomic mass is 9.85. The molecule has 1 aliphatic rings. The molecule has 2 heterocycles. The molecule has 1 saturated carbocycles. The molecule has 9 heteroatoms. The van der Waals surface area contributed by atoms with Gasteiger partial charge in [-0.15, -0.1) is 0 Å². The number of nitrogens with zero attached hydrogens (tertiary/aromatic N) is 2. The number of pyridine rings is 2. The van der Waals surface area contributed by atoms with Gasteiger partial charge in [0.15, 0.2) is 0 Å². The van der Waals surface area contributed by atoms with Crippen molar-refractivity contribution in [2.75, 3.05) is 13.7 Å². The number of nitrogens with one attached hydrogen (secondary N) is 2. The minimum absolute atomic E-state index is 0.159. The first-order valence-corrected chi connectivity index (χ1v) is 12.6. The van der Waals surface area contributed by atoms with Crippen LogP contribution in [0.2, 0.25) is 0 Å². The number of rotatable bonds is 7. The van der Waals surface area contributed by atoms with Gasteiger partial charge in [0.1, 0.15) is 0 Å². The van der Waals surface area contributed by atoms with Gasteiger partial charge in [-0.25, -0.2) is 4.98 Å². The second-order valence-corrected chi connectivity index (χ2v) is 8.90. The molecule has 0 radical (unpaired) electrons. The maximum atomic E-state index is 12.1. The average molecular weight is 511 g/mol. The van der Waals surface area contributed by atoms with Crippen LogP contribution in [0.4, 0.5) is 13.2 Å². The summed E-state index contributed by atoms with van der Waals surface area (Å²) in [6.45, 7) is 9.46. The first kappa shape index (κ1) is 31.4. The number of methoxy groups -OCH3 is 1. The summed E-state index contributed by atoms with van der Waals surface area (Å²) in [5.41, 5.74) is 0.954. The molecular formula is C27H41F3N4O2. The molecule has 1 unspecified atom stereocenters. The van der Waals surface area contributed by atoms with E-state index in [9.17, 15) is 18.0 Å². The van der Waals surface area contributed by atoms with Gasteiger partial charge in [-0.1, -0.05) is 39.7 Å². The van der Waals surface area contributed by atoms with E-state index in [4.69, 9.17) is 4.74 Å². The molecule has 0 spiro atoms. The fraction of sp³-hybridized carbons (Fsp3) is 0.593. The van der Waals surface area contributed by atoms with Crippen LogP contribution in [0.15, 0.2) is 36.8 Å². The number of hydrogen-bond acceptors (Lipinski definition) is 5. The predicted molar refractivity (Wildman–Crippen MR) is 137 cm³/mol. The van der Waals surface area contributed by atoms with Crippen molar-refractivity contribution in [3.05, 3.63) is 53.5 Å². The second kappa shape index (κ2) is 16.9. The monoisotopic (exact) mass is 510 g/mol. The molecule has 0 aromatic carbocycles. The molecule has 0 saturated heterocycles. The molecule has 1 amide bonds. The van der Waals surface area contributed by atoms with Crippen LogP contribution in [0.1, 0.15) is 76.0 Å². The Morgan fingerprint density at radius 2 is 1.86 bits per heavy atom. The highest BCUT2D eigenvalue weighted by molar-refractivity contribution is 5.78. The molecule has 1 aliphatic carbocycles. The number of amides is 1. The summed E-state index contributed by atoms with van der Waals surface area (Å²) in [6, 6.07) is 5.37. The van der Waals surface area contributed by atoms with Crippen LogP contribution in [-0.4, -0.2) is 35.6 Å². The van der Waals surface area contributed by atoms with Gasteiger partial charge in [-0.3, -0.25) is 9.78 Å². The summed E-state index contributed by atoms with van der Waals surface area (Å²) in [7, 11) is 1.62. The third kappa shape index (κ3) is 12.3. The Hall–Kier alpha value is -2.68. The highest BCUT2D eigenvalue weighted by Crippen LogP contribution is 2.28. The molecule has 2 aromatic rings. The fourth-order valence-electron chi connectivity index (χ4n) is 3.61. The van der Waals surface area contributed by atoms with Crippen LogP contribution in [0, 0.1) is 12.8 Å². The van der Waals surface area contributed by atoms with E-state index in [1.54, 1.807) is 14.0 Å². The van der Waals surface area contributed by atoms with Crippen molar-refractivity contribution in [2.45, 2.75) is 85.0 Å². The van der Waals surface area contributed by atoms with Crippen molar-refractivity contribution in [1.29, 1.82) is 0 Å². The molecule has 6 nitrogen and oxygen atoms in total. The minimum Gasteiger partial charge on any atom is -0.481 e. The summed E-state index contributed by atoms with van der Waals surface area (Å²) in [5.74, 6) is 1.01. The highest BCUT2D eigenvalue weighted by atomic mass is 19.4. The number of halogens is 3. The zero-order valence-corrected chi connectivity index (χ0v) is 22.1. The van der Waals surface area contributed by atoms with E-state index in [2.05, 4.69) is 41.4 Å². The molecule has 202 valence electrons. The molecule has 0 aliphatic heterocycles. The Balaban J connectivity index is 0.000000386. The van der Waals surface area contributed by atoms with Crippen LogP contribution in [0.25, 0.3) is 0 Å². The van der Waals surface area contributed by atoms with E-state index in [-0.39, 0.29) is 11.8 Å². The Bertz CT molecular complexity index is 876. The van der Waals surface area contributed by atoms with Gasteiger partial charge < -0.3 is 15.4 Å². The van der Waals surface area contributed by atoms with Crippen molar-refractivity contribution in [2.24, 2.45) is 5.92 Å². The molecule has 2 aromatic heterocycles. The summed E-state index contributed by atoms with van der Waals surface area (Å²) >= 11 is 0. The molecule has 1 fully saturated rings. The summed E-state index contributed by atoms with van der Waals surface area (Å²) < 4.78 is 40.8. The molecule has 3 rings (SSSR count). The number of carbonyl (C=O) groups is 1. The number of ether oxygens (including phenoxy) is 1. The molecule has 0 bridgehead atoms. The maximum Gasteiger partial charge on any atom is 0.417 e. The van der Waals surface area contributed by atoms with Crippen LogP contribution in [0.5, 0.6) is 5.88 Å². The summed E-state index contributed by atoms with van der Waals surface area (Å²) in [4.78, 5) is 19.7. The first-order valence-electron chi connectivity index (χ1n) is 12.6. The van der Waals surface area contributed by atoms with E-state index in [0.717, 1.165) is 63.0 Å². The standard InChI is InChI=1S/C17H27N3O2.C7H6F3N.C3H8/c1-3-9-18-17(21)14-5-4-6-15(10-14)19-11-13-7-8-16(22-2)20-12-13;1-5-2-6(4-11-3-5)7(8,9)10;1-3-2/h7-8,12,14-15,19H,3-6,9-11H2,1-2H3,(H,18,21);2-4H,1H3;3H2,1-2H3/t14-,15?;;/m0../s1. The van der Waals surface area contributed by atoms with Crippen molar-refractivity contribution in [3.8, 4) is 5.88 Å². The molecular weight excluding hydrogens is 469 g/mol. The lowest BCUT2D eigenvalue weighted by Crippen LogP contribution is -2.40. The van der Waals surface area contributed by atoms with E-state index in [0.29, 0.717) is 17.5 Å². The third-order valence-corrected chi connectivity index (χ3v) is 5.40. The van der Waals surface area contributed by atoms with Crippen LogP contribution in [-0.2, 0) is 17.5 Å². The van der Waals surface area contributed by atoms with Crippen LogP contribution >= 0.6 is 0 Å². The Kier molecular flexibility index (Phi) is 14.7. The van der Waals surface area contributed by atoms with E-state index < -0.39 is 11.7 Å². The lowest BCUT2D eigenvalue weighted by molar-refractivity contribution is -0.137. The zero-order chi connectivity index (χ0) is 27.0.